The first kappa shape index (κ1) is 17.4. The number of carbonyl (C=O) groups is 2. The van der Waals surface area contributed by atoms with Gasteiger partial charge < -0.3 is 18.9 Å². The van der Waals surface area contributed by atoms with E-state index in [0.29, 0.717) is 47.3 Å². The van der Waals surface area contributed by atoms with Gasteiger partial charge in [-0.2, -0.15) is 0 Å². The summed E-state index contributed by atoms with van der Waals surface area (Å²) in [6.45, 7) is 0.897. The molecule has 0 unspecified atom stereocenters. The molecule has 136 valence electrons. The molecular weight excluding hydrogens is 340 g/mol. The van der Waals surface area contributed by atoms with Crippen molar-refractivity contribution in [1.29, 1.82) is 0 Å². The van der Waals surface area contributed by atoms with Gasteiger partial charge in [0.2, 0.25) is 0 Å². The number of ether oxygens (including phenoxy) is 4. The monoisotopic (exact) mass is 358 g/mol. The number of hydrogen-bond donors (Lipinski definition) is 2. The van der Waals surface area contributed by atoms with Crippen LogP contribution in [0.25, 0.3) is 0 Å². The molecule has 0 radical (unpaired) electrons. The molecule has 8 nitrogen and oxygen atoms in total. The normalized spacial score (nSPS) is 12.1. The maximum Gasteiger partial charge on any atom is 0.269 e. The summed E-state index contributed by atoms with van der Waals surface area (Å²) in [5.41, 5.74) is 5.37. The average Bonchev–Trinajstić information content (AvgIpc) is 2.70. The van der Waals surface area contributed by atoms with Crippen LogP contribution in [-0.4, -0.2) is 39.2 Å². The molecule has 2 aromatic carbocycles. The number of nitrogens with one attached hydrogen (secondary N) is 2. The zero-order valence-electron chi connectivity index (χ0n) is 14.3. The SMILES string of the molecule is COc1ccc(C(=O)NNC(=O)c2ccc3c(c2)OCCO3)cc1OC. The predicted octanol–water partition coefficient (Wildman–Crippen LogP) is 1.55. The van der Waals surface area contributed by atoms with Crippen molar-refractivity contribution in [2.24, 2.45) is 0 Å². The lowest BCUT2D eigenvalue weighted by Crippen LogP contribution is -2.41. The van der Waals surface area contributed by atoms with Gasteiger partial charge in [0.1, 0.15) is 13.2 Å². The van der Waals surface area contributed by atoms with Crippen LogP contribution in [0, 0.1) is 0 Å². The highest BCUT2D eigenvalue weighted by atomic mass is 16.6. The Balaban J connectivity index is 1.65. The number of hydrazine groups is 1. The van der Waals surface area contributed by atoms with E-state index in [1.807, 2.05) is 0 Å². The highest BCUT2D eigenvalue weighted by Crippen LogP contribution is 2.30. The second-order valence-corrected chi connectivity index (χ2v) is 5.34. The second kappa shape index (κ2) is 7.64. The van der Waals surface area contributed by atoms with Crippen molar-refractivity contribution in [2.75, 3.05) is 27.4 Å². The Morgan fingerprint density at radius 2 is 1.38 bits per heavy atom. The Hall–Kier alpha value is -3.42. The third-order valence-corrected chi connectivity index (χ3v) is 3.74. The van der Waals surface area contributed by atoms with Gasteiger partial charge in [-0.15, -0.1) is 0 Å². The molecule has 1 aliphatic rings. The minimum Gasteiger partial charge on any atom is -0.493 e. The number of rotatable bonds is 4. The van der Waals surface area contributed by atoms with Crippen molar-refractivity contribution < 1.29 is 28.5 Å². The van der Waals surface area contributed by atoms with Crippen molar-refractivity contribution in [3.05, 3.63) is 47.5 Å². The van der Waals surface area contributed by atoms with Crippen LogP contribution in [0.5, 0.6) is 23.0 Å². The summed E-state index contributed by atoms with van der Waals surface area (Å²) in [5, 5.41) is 0. The van der Waals surface area contributed by atoms with Gasteiger partial charge in [-0.25, -0.2) is 0 Å². The molecule has 0 bridgehead atoms. The van der Waals surface area contributed by atoms with E-state index in [1.165, 1.54) is 20.3 Å². The average molecular weight is 358 g/mol. The third-order valence-electron chi connectivity index (χ3n) is 3.74. The Morgan fingerprint density at radius 1 is 0.808 bits per heavy atom. The van der Waals surface area contributed by atoms with Gasteiger partial charge in [0.05, 0.1) is 14.2 Å². The highest BCUT2D eigenvalue weighted by molar-refractivity contribution is 5.99. The quantitative estimate of drug-likeness (QED) is 0.806. The van der Waals surface area contributed by atoms with Crippen molar-refractivity contribution in [3.8, 4) is 23.0 Å². The Labute approximate surface area is 150 Å². The van der Waals surface area contributed by atoms with Gasteiger partial charge in [0, 0.05) is 11.1 Å². The molecule has 1 heterocycles. The fraction of sp³-hybridized carbons (Fsp3) is 0.222. The zero-order valence-corrected chi connectivity index (χ0v) is 14.3. The van der Waals surface area contributed by atoms with Crippen LogP contribution in [-0.2, 0) is 0 Å². The van der Waals surface area contributed by atoms with Crippen LogP contribution >= 0.6 is 0 Å². The van der Waals surface area contributed by atoms with Crippen LogP contribution in [0.2, 0.25) is 0 Å². The number of carbonyl (C=O) groups excluding carboxylic acids is 2. The summed E-state index contributed by atoms with van der Waals surface area (Å²) < 4.78 is 21.1. The van der Waals surface area contributed by atoms with E-state index >= 15 is 0 Å². The number of hydrogen-bond acceptors (Lipinski definition) is 6. The van der Waals surface area contributed by atoms with Gasteiger partial charge >= 0.3 is 0 Å². The molecule has 2 aromatic rings. The van der Waals surface area contributed by atoms with E-state index in [9.17, 15) is 9.59 Å². The van der Waals surface area contributed by atoms with Crippen molar-refractivity contribution >= 4 is 11.8 Å². The van der Waals surface area contributed by atoms with Crippen LogP contribution in [0.4, 0.5) is 0 Å². The van der Waals surface area contributed by atoms with Gasteiger partial charge in [-0.3, -0.25) is 20.4 Å². The lowest BCUT2D eigenvalue weighted by atomic mass is 10.2. The number of fused-ring (bicyclic) bond motifs is 1. The summed E-state index contributed by atoms with van der Waals surface area (Å²) in [6.07, 6.45) is 0. The van der Waals surface area contributed by atoms with Crippen LogP contribution in [0.3, 0.4) is 0 Å². The molecule has 2 N–H and O–H groups in total. The van der Waals surface area contributed by atoms with Gasteiger partial charge in [0.25, 0.3) is 11.8 Å². The van der Waals surface area contributed by atoms with E-state index in [4.69, 9.17) is 18.9 Å². The molecule has 0 saturated carbocycles. The minimum atomic E-state index is -0.489. The fourth-order valence-electron chi connectivity index (χ4n) is 2.42. The van der Waals surface area contributed by atoms with Gasteiger partial charge in [-0.05, 0) is 36.4 Å². The molecule has 2 amide bonds. The first-order valence-corrected chi connectivity index (χ1v) is 7.84. The summed E-state index contributed by atoms with van der Waals surface area (Å²) in [7, 11) is 2.98. The first-order valence-electron chi connectivity index (χ1n) is 7.84. The molecule has 0 atom stereocenters. The van der Waals surface area contributed by atoms with E-state index in [0.717, 1.165) is 0 Å². The fourth-order valence-corrected chi connectivity index (χ4v) is 2.42. The Bertz CT molecular complexity index is 785. The summed E-state index contributed by atoms with van der Waals surface area (Å²) >= 11 is 0. The smallest absolute Gasteiger partial charge is 0.269 e. The number of benzene rings is 2. The summed E-state index contributed by atoms with van der Waals surface area (Å²) in [4.78, 5) is 24.4. The lowest BCUT2D eigenvalue weighted by Gasteiger charge is -2.18. The standard InChI is InChI=1S/C18H18N2O6/c1-23-13-5-3-11(9-15(13)24-2)17(21)19-20-18(22)12-4-6-14-16(10-12)26-8-7-25-14/h3-6,9-10H,7-8H2,1-2H3,(H,19,21)(H,20,22). The lowest BCUT2D eigenvalue weighted by molar-refractivity contribution is 0.0846. The Morgan fingerprint density at radius 3 is 2.04 bits per heavy atom. The van der Waals surface area contributed by atoms with E-state index in [-0.39, 0.29) is 0 Å². The number of methoxy groups -OCH3 is 2. The molecule has 26 heavy (non-hydrogen) atoms. The van der Waals surface area contributed by atoms with Crippen molar-refractivity contribution in [1.82, 2.24) is 10.9 Å². The summed E-state index contributed by atoms with van der Waals surface area (Å²) in [5.74, 6) is 1.03. The molecule has 3 rings (SSSR count). The maximum absolute atomic E-state index is 12.2. The largest absolute Gasteiger partial charge is 0.493 e. The summed E-state index contributed by atoms with van der Waals surface area (Å²) in [6, 6.07) is 9.49. The second-order valence-electron chi connectivity index (χ2n) is 5.34. The maximum atomic E-state index is 12.2. The van der Waals surface area contributed by atoms with E-state index in [1.54, 1.807) is 30.3 Å². The zero-order chi connectivity index (χ0) is 18.5. The predicted molar refractivity (Wildman–Crippen MR) is 91.9 cm³/mol. The first-order chi connectivity index (χ1) is 12.6. The number of amides is 2. The minimum absolute atomic E-state index is 0.310. The third kappa shape index (κ3) is 3.64. The molecule has 0 saturated heterocycles. The molecule has 8 heteroatoms. The van der Waals surface area contributed by atoms with Crippen LogP contribution in [0.15, 0.2) is 36.4 Å². The topological polar surface area (TPSA) is 95.1 Å². The van der Waals surface area contributed by atoms with Crippen molar-refractivity contribution in [2.45, 2.75) is 0 Å². The van der Waals surface area contributed by atoms with E-state index < -0.39 is 11.8 Å². The van der Waals surface area contributed by atoms with E-state index in [2.05, 4.69) is 10.9 Å². The molecule has 0 spiro atoms. The Kier molecular flexibility index (Phi) is 5.12. The van der Waals surface area contributed by atoms with Gasteiger partial charge in [-0.1, -0.05) is 0 Å². The molecule has 1 aliphatic heterocycles. The molecular formula is C18H18N2O6. The molecule has 0 aliphatic carbocycles. The highest BCUT2D eigenvalue weighted by Gasteiger charge is 2.16. The van der Waals surface area contributed by atoms with Crippen LogP contribution in [0.1, 0.15) is 20.7 Å². The van der Waals surface area contributed by atoms with Gasteiger partial charge in [0.15, 0.2) is 23.0 Å². The van der Waals surface area contributed by atoms with Crippen LogP contribution < -0.4 is 29.8 Å². The van der Waals surface area contributed by atoms with Crippen molar-refractivity contribution in [3.63, 3.8) is 0 Å². The molecule has 0 fully saturated rings. The molecule has 0 aromatic heterocycles.